The Morgan fingerprint density at radius 2 is 1.66 bits per heavy atom. The predicted molar refractivity (Wildman–Crippen MR) is 139 cm³/mol. The first-order valence-corrected chi connectivity index (χ1v) is 11.5. The number of anilines is 1. The van der Waals surface area contributed by atoms with Crippen LogP contribution in [0.4, 0.5) is 5.69 Å². The van der Waals surface area contributed by atoms with E-state index >= 15 is 0 Å². The second kappa shape index (κ2) is 9.68. The van der Waals surface area contributed by atoms with Gasteiger partial charge in [0.2, 0.25) is 0 Å². The first kappa shape index (κ1) is 24.1. The Morgan fingerprint density at radius 1 is 1.03 bits per heavy atom. The maximum absolute atomic E-state index is 13.4. The van der Waals surface area contributed by atoms with Crippen LogP contribution in [0.2, 0.25) is 0 Å². The summed E-state index contributed by atoms with van der Waals surface area (Å²) in [6, 6.07) is 16.4. The molecule has 1 N–H and O–H groups in total. The van der Waals surface area contributed by atoms with Crippen molar-refractivity contribution in [1.82, 2.24) is 9.88 Å². The van der Waals surface area contributed by atoms with E-state index in [1.165, 1.54) is 12.0 Å². The van der Waals surface area contributed by atoms with Crippen LogP contribution in [0.15, 0.2) is 60.2 Å². The van der Waals surface area contributed by atoms with E-state index in [9.17, 15) is 14.4 Å². The second-order valence-corrected chi connectivity index (χ2v) is 8.56. The van der Waals surface area contributed by atoms with E-state index in [4.69, 9.17) is 17.0 Å². The molecule has 3 aromatic rings. The lowest BCUT2D eigenvalue weighted by atomic mass is 10.1. The van der Waals surface area contributed by atoms with Crippen LogP contribution < -0.4 is 10.2 Å². The van der Waals surface area contributed by atoms with Gasteiger partial charge in [-0.2, -0.15) is 0 Å². The van der Waals surface area contributed by atoms with Crippen molar-refractivity contribution >= 4 is 46.9 Å². The standard InChI is InChI=1S/C27H25N3O4S/c1-5-18-6-10-22(11-7-18)30-25(32)23(24(31)28-27(30)35)15-20-14-16(2)29(17(20)3)21-12-8-19(9-13-21)26(33)34-4/h6-15H,5H2,1-4H3,(H,28,31,35). The summed E-state index contributed by atoms with van der Waals surface area (Å²) in [7, 11) is 1.34. The van der Waals surface area contributed by atoms with E-state index in [1.54, 1.807) is 18.2 Å². The number of benzene rings is 2. The smallest absolute Gasteiger partial charge is 0.337 e. The molecule has 0 spiro atoms. The zero-order chi connectivity index (χ0) is 25.3. The van der Waals surface area contributed by atoms with E-state index in [1.807, 2.05) is 60.9 Å². The average Bonchev–Trinajstić information content (AvgIpc) is 3.14. The molecule has 1 aliphatic heterocycles. The molecule has 8 heteroatoms. The van der Waals surface area contributed by atoms with Gasteiger partial charge in [0.15, 0.2) is 5.11 Å². The van der Waals surface area contributed by atoms with Crippen LogP contribution in [0.5, 0.6) is 0 Å². The summed E-state index contributed by atoms with van der Waals surface area (Å²) in [5, 5.41) is 2.68. The molecule has 178 valence electrons. The highest BCUT2D eigenvalue weighted by Gasteiger charge is 2.34. The molecule has 0 saturated carbocycles. The Labute approximate surface area is 209 Å². The number of hydrogen-bond donors (Lipinski definition) is 1. The minimum Gasteiger partial charge on any atom is -0.465 e. The van der Waals surface area contributed by atoms with E-state index in [0.717, 1.165) is 34.6 Å². The maximum atomic E-state index is 13.4. The SMILES string of the molecule is CCc1ccc(N2C(=O)C(=Cc3cc(C)n(-c4ccc(C(=O)OC)cc4)c3C)C(=O)NC2=S)cc1. The van der Waals surface area contributed by atoms with Gasteiger partial charge in [0, 0.05) is 17.1 Å². The average molecular weight is 488 g/mol. The van der Waals surface area contributed by atoms with Gasteiger partial charge in [-0.05, 0) is 92.2 Å². The number of ether oxygens (including phenoxy) is 1. The van der Waals surface area contributed by atoms with Gasteiger partial charge >= 0.3 is 5.97 Å². The first-order valence-electron chi connectivity index (χ1n) is 11.1. The normalized spacial score (nSPS) is 14.9. The summed E-state index contributed by atoms with van der Waals surface area (Å²) in [6.07, 6.45) is 2.47. The zero-order valence-electron chi connectivity index (χ0n) is 19.9. The predicted octanol–water partition coefficient (Wildman–Crippen LogP) is 4.27. The number of hydrogen-bond acceptors (Lipinski definition) is 5. The molecule has 0 aliphatic carbocycles. The van der Waals surface area contributed by atoms with E-state index < -0.39 is 17.8 Å². The van der Waals surface area contributed by atoms with Gasteiger partial charge in [-0.25, -0.2) is 4.79 Å². The fourth-order valence-electron chi connectivity index (χ4n) is 4.12. The molecular formula is C27H25N3O4S. The zero-order valence-corrected chi connectivity index (χ0v) is 20.7. The number of carbonyl (C=O) groups excluding carboxylic acids is 3. The second-order valence-electron chi connectivity index (χ2n) is 8.18. The van der Waals surface area contributed by atoms with Gasteiger partial charge in [-0.1, -0.05) is 19.1 Å². The van der Waals surface area contributed by atoms with Gasteiger partial charge in [0.05, 0.1) is 18.4 Å². The Morgan fingerprint density at radius 3 is 2.26 bits per heavy atom. The molecule has 2 aromatic carbocycles. The third-order valence-corrected chi connectivity index (χ3v) is 6.31. The molecule has 0 unspecified atom stereocenters. The summed E-state index contributed by atoms with van der Waals surface area (Å²) in [4.78, 5) is 39.2. The highest BCUT2D eigenvalue weighted by molar-refractivity contribution is 7.80. The van der Waals surface area contributed by atoms with Gasteiger partial charge < -0.3 is 9.30 Å². The third-order valence-electron chi connectivity index (χ3n) is 6.02. The lowest BCUT2D eigenvalue weighted by Gasteiger charge is -2.29. The number of carbonyl (C=O) groups is 3. The molecule has 0 radical (unpaired) electrons. The third kappa shape index (κ3) is 4.52. The number of aryl methyl sites for hydroxylation is 2. The van der Waals surface area contributed by atoms with Crippen LogP contribution in [-0.2, 0) is 20.7 Å². The Kier molecular flexibility index (Phi) is 6.66. The molecule has 1 saturated heterocycles. The van der Waals surface area contributed by atoms with E-state index in [2.05, 4.69) is 12.2 Å². The molecule has 35 heavy (non-hydrogen) atoms. The summed E-state index contributed by atoms with van der Waals surface area (Å²) in [5.74, 6) is -1.42. The lowest BCUT2D eigenvalue weighted by Crippen LogP contribution is -2.54. The molecule has 4 rings (SSSR count). The van der Waals surface area contributed by atoms with Crippen molar-refractivity contribution in [2.24, 2.45) is 0 Å². The van der Waals surface area contributed by atoms with Crippen molar-refractivity contribution in [3.63, 3.8) is 0 Å². The van der Waals surface area contributed by atoms with Crippen molar-refractivity contribution in [1.29, 1.82) is 0 Å². The van der Waals surface area contributed by atoms with Crippen LogP contribution in [0.1, 0.15) is 39.8 Å². The minimum absolute atomic E-state index is 0.000503. The van der Waals surface area contributed by atoms with Crippen LogP contribution in [0.25, 0.3) is 11.8 Å². The van der Waals surface area contributed by atoms with Crippen LogP contribution >= 0.6 is 12.2 Å². The molecule has 1 aliphatic rings. The summed E-state index contributed by atoms with van der Waals surface area (Å²) < 4.78 is 6.75. The fraction of sp³-hybridized carbons (Fsp3) is 0.185. The summed E-state index contributed by atoms with van der Waals surface area (Å²) in [6.45, 7) is 5.89. The number of esters is 1. The van der Waals surface area contributed by atoms with Crippen LogP contribution in [0, 0.1) is 13.8 Å². The Bertz CT molecular complexity index is 1370. The van der Waals surface area contributed by atoms with Gasteiger partial charge in [-0.15, -0.1) is 0 Å². The number of nitrogens with one attached hydrogen (secondary N) is 1. The van der Waals surface area contributed by atoms with Crippen LogP contribution in [0.3, 0.4) is 0 Å². The summed E-state index contributed by atoms with van der Waals surface area (Å²) in [5.41, 5.74) is 5.51. The topological polar surface area (TPSA) is 80.6 Å². The maximum Gasteiger partial charge on any atom is 0.337 e. The monoisotopic (exact) mass is 487 g/mol. The summed E-state index contributed by atoms with van der Waals surface area (Å²) >= 11 is 5.30. The Balaban J connectivity index is 1.70. The largest absolute Gasteiger partial charge is 0.465 e. The highest BCUT2D eigenvalue weighted by atomic mass is 32.1. The highest BCUT2D eigenvalue weighted by Crippen LogP contribution is 2.26. The molecular weight excluding hydrogens is 462 g/mol. The van der Waals surface area contributed by atoms with Crippen LogP contribution in [-0.4, -0.2) is 34.6 Å². The number of amides is 2. The van der Waals surface area contributed by atoms with Crippen molar-refractivity contribution < 1.29 is 19.1 Å². The van der Waals surface area contributed by atoms with Gasteiger partial charge in [0.1, 0.15) is 5.57 Å². The quantitative estimate of drug-likeness (QED) is 0.252. The first-order chi connectivity index (χ1) is 16.7. The van der Waals surface area contributed by atoms with Gasteiger partial charge in [0.25, 0.3) is 11.8 Å². The van der Waals surface area contributed by atoms with E-state index in [-0.39, 0.29) is 10.7 Å². The number of thiocarbonyl (C=S) groups is 1. The lowest BCUT2D eigenvalue weighted by molar-refractivity contribution is -0.122. The molecule has 1 aromatic heterocycles. The van der Waals surface area contributed by atoms with Gasteiger partial charge in [-0.3, -0.25) is 19.8 Å². The minimum atomic E-state index is -0.534. The number of nitrogens with zero attached hydrogens (tertiary/aromatic N) is 2. The van der Waals surface area contributed by atoms with E-state index in [0.29, 0.717) is 11.3 Å². The molecule has 0 bridgehead atoms. The molecule has 2 amide bonds. The molecule has 7 nitrogen and oxygen atoms in total. The van der Waals surface area contributed by atoms with Crippen molar-refractivity contribution in [2.75, 3.05) is 12.0 Å². The fourth-order valence-corrected chi connectivity index (χ4v) is 4.40. The number of rotatable bonds is 5. The molecule has 0 atom stereocenters. The van der Waals surface area contributed by atoms with Crippen molar-refractivity contribution in [3.05, 3.63) is 88.2 Å². The van der Waals surface area contributed by atoms with Crippen molar-refractivity contribution in [2.45, 2.75) is 27.2 Å². The molecule has 2 heterocycles. The Hall–Kier alpha value is -4.04. The molecule has 1 fully saturated rings. The van der Waals surface area contributed by atoms with Crippen molar-refractivity contribution in [3.8, 4) is 5.69 Å². The number of methoxy groups -OCH3 is 1. The number of aromatic nitrogens is 1.